The van der Waals surface area contributed by atoms with Gasteiger partial charge in [-0.05, 0) is 31.2 Å². The molecule has 0 aliphatic carbocycles. The summed E-state index contributed by atoms with van der Waals surface area (Å²) in [6.45, 7) is 2.85. The monoisotopic (exact) mass is 336 g/mol. The number of nitrogens with zero attached hydrogens (tertiary/aromatic N) is 2. The van der Waals surface area contributed by atoms with Crippen LogP contribution in [-0.4, -0.2) is 40.0 Å². The zero-order valence-electron chi connectivity index (χ0n) is 12.1. The molecule has 1 amide bonds. The standard InChI is InChI=1S/C15H16N2O3S2/c1-9-12(22-13(16-9)11-3-2-8-21-11)14(18)17-6-4-10(5-7-17)15(19)20/h2-3,8,10H,4-7H2,1H3,(H,19,20). The number of amides is 1. The minimum atomic E-state index is -0.763. The molecule has 5 nitrogen and oxygen atoms in total. The summed E-state index contributed by atoms with van der Waals surface area (Å²) >= 11 is 3.02. The number of rotatable bonds is 3. The molecule has 0 atom stereocenters. The number of piperidine rings is 1. The summed E-state index contributed by atoms with van der Waals surface area (Å²) in [5, 5.41) is 11.9. The Labute approximate surface area is 136 Å². The number of aliphatic carboxylic acids is 1. The first kappa shape index (κ1) is 15.2. The Kier molecular flexibility index (Phi) is 4.26. The number of carboxylic acid groups (broad SMARTS) is 1. The van der Waals surface area contributed by atoms with E-state index in [4.69, 9.17) is 5.11 Å². The van der Waals surface area contributed by atoms with Crippen molar-refractivity contribution in [1.29, 1.82) is 0 Å². The number of aromatic nitrogens is 1. The first-order chi connectivity index (χ1) is 10.6. The van der Waals surface area contributed by atoms with Crippen LogP contribution in [0.1, 0.15) is 28.2 Å². The van der Waals surface area contributed by atoms with Crippen LogP contribution in [0.5, 0.6) is 0 Å². The average Bonchev–Trinajstić information content (AvgIpc) is 3.16. The lowest BCUT2D eigenvalue weighted by Gasteiger charge is -2.29. The summed E-state index contributed by atoms with van der Waals surface area (Å²) in [5.41, 5.74) is 0.749. The summed E-state index contributed by atoms with van der Waals surface area (Å²) < 4.78 is 0. The van der Waals surface area contributed by atoms with E-state index in [1.165, 1.54) is 11.3 Å². The lowest BCUT2D eigenvalue weighted by atomic mass is 9.97. The zero-order valence-corrected chi connectivity index (χ0v) is 13.7. The molecule has 22 heavy (non-hydrogen) atoms. The van der Waals surface area contributed by atoms with E-state index in [9.17, 15) is 9.59 Å². The van der Waals surface area contributed by atoms with Crippen LogP contribution in [0.15, 0.2) is 17.5 Å². The molecule has 0 spiro atoms. The lowest BCUT2D eigenvalue weighted by molar-refractivity contribution is -0.143. The molecule has 0 radical (unpaired) electrons. The van der Waals surface area contributed by atoms with Crippen molar-refractivity contribution in [2.24, 2.45) is 5.92 Å². The van der Waals surface area contributed by atoms with Gasteiger partial charge >= 0.3 is 5.97 Å². The average molecular weight is 336 g/mol. The molecule has 1 aliphatic heterocycles. The van der Waals surface area contributed by atoms with Crippen molar-refractivity contribution in [2.75, 3.05) is 13.1 Å². The van der Waals surface area contributed by atoms with Crippen LogP contribution in [0.4, 0.5) is 0 Å². The highest BCUT2D eigenvalue weighted by Gasteiger charge is 2.29. The number of aryl methyl sites for hydroxylation is 1. The van der Waals surface area contributed by atoms with Gasteiger partial charge in [0.25, 0.3) is 5.91 Å². The molecule has 7 heteroatoms. The molecule has 2 aromatic heterocycles. The minimum Gasteiger partial charge on any atom is -0.481 e. The molecule has 1 fully saturated rings. The van der Waals surface area contributed by atoms with Crippen LogP contribution in [0.25, 0.3) is 9.88 Å². The van der Waals surface area contributed by atoms with E-state index in [2.05, 4.69) is 4.98 Å². The van der Waals surface area contributed by atoms with E-state index in [-0.39, 0.29) is 11.8 Å². The highest BCUT2D eigenvalue weighted by atomic mass is 32.1. The van der Waals surface area contributed by atoms with E-state index in [0.717, 1.165) is 15.6 Å². The number of carbonyl (C=O) groups excluding carboxylic acids is 1. The van der Waals surface area contributed by atoms with E-state index in [1.54, 1.807) is 16.2 Å². The quantitative estimate of drug-likeness (QED) is 0.935. The van der Waals surface area contributed by atoms with Crippen LogP contribution in [-0.2, 0) is 4.79 Å². The third-order valence-corrected chi connectivity index (χ3v) is 6.04. The second-order valence-corrected chi connectivity index (χ2v) is 7.26. The summed E-state index contributed by atoms with van der Waals surface area (Å²) in [6.07, 6.45) is 1.05. The number of thiazole rings is 1. The number of hydrogen-bond acceptors (Lipinski definition) is 5. The Balaban J connectivity index is 1.75. The molecule has 2 aromatic rings. The predicted molar refractivity (Wildman–Crippen MR) is 86.4 cm³/mol. The molecular weight excluding hydrogens is 320 g/mol. The fourth-order valence-corrected chi connectivity index (χ4v) is 4.40. The van der Waals surface area contributed by atoms with Crippen molar-refractivity contribution in [2.45, 2.75) is 19.8 Å². The Morgan fingerprint density at radius 3 is 2.68 bits per heavy atom. The smallest absolute Gasteiger partial charge is 0.306 e. The Hall–Kier alpha value is -1.73. The zero-order chi connectivity index (χ0) is 15.7. The van der Waals surface area contributed by atoms with Gasteiger partial charge in [-0.15, -0.1) is 22.7 Å². The predicted octanol–water partition coefficient (Wildman–Crippen LogP) is 3.12. The van der Waals surface area contributed by atoms with Gasteiger partial charge in [0, 0.05) is 13.1 Å². The topological polar surface area (TPSA) is 70.5 Å². The van der Waals surface area contributed by atoms with Gasteiger partial charge in [-0.2, -0.15) is 0 Å². The van der Waals surface area contributed by atoms with E-state index >= 15 is 0 Å². The fourth-order valence-electron chi connectivity index (χ4n) is 2.57. The normalized spacial score (nSPS) is 16.0. The lowest BCUT2D eigenvalue weighted by Crippen LogP contribution is -2.40. The van der Waals surface area contributed by atoms with Crippen molar-refractivity contribution in [3.05, 3.63) is 28.1 Å². The molecule has 0 saturated carbocycles. The van der Waals surface area contributed by atoms with Gasteiger partial charge < -0.3 is 10.0 Å². The van der Waals surface area contributed by atoms with Crippen LogP contribution in [0.3, 0.4) is 0 Å². The van der Waals surface area contributed by atoms with Gasteiger partial charge in [-0.25, -0.2) is 4.98 Å². The summed E-state index contributed by atoms with van der Waals surface area (Å²) in [7, 11) is 0. The van der Waals surface area contributed by atoms with Gasteiger partial charge in [0.1, 0.15) is 9.88 Å². The van der Waals surface area contributed by atoms with Crippen molar-refractivity contribution >= 4 is 34.6 Å². The summed E-state index contributed by atoms with van der Waals surface area (Å²) in [6, 6.07) is 3.96. The Bertz CT molecular complexity index is 686. The van der Waals surface area contributed by atoms with E-state index < -0.39 is 5.97 Å². The number of likely N-dealkylation sites (tertiary alicyclic amines) is 1. The fraction of sp³-hybridized carbons (Fsp3) is 0.400. The first-order valence-corrected chi connectivity index (χ1v) is 8.79. The van der Waals surface area contributed by atoms with Crippen molar-refractivity contribution in [3.63, 3.8) is 0 Å². The molecule has 3 rings (SSSR count). The molecule has 3 heterocycles. The third kappa shape index (κ3) is 2.91. The third-order valence-electron chi connectivity index (χ3n) is 3.85. The maximum absolute atomic E-state index is 12.6. The van der Waals surface area contributed by atoms with Gasteiger partial charge in [0.05, 0.1) is 16.5 Å². The molecule has 1 aliphatic rings. The Morgan fingerprint density at radius 2 is 2.09 bits per heavy atom. The number of hydrogen-bond donors (Lipinski definition) is 1. The maximum Gasteiger partial charge on any atom is 0.306 e. The van der Waals surface area contributed by atoms with Gasteiger partial charge in [0.15, 0.2) is 0 Å². The second kappa shape index (κ2) is 6.18. The molecule has 1 saturated heterocycles. The number of carbonyl (C=O) groups is 2. The largest absolute Gasteiger partial charge is 0.481 e. The van der Waals surface area contributed by atoms with Crippen LogP contribution in [0.2, 0.25) is 0 Å². The molecule has 0 unspecified atom stereocenters. The highest BCUT2D eigenvalue weighted by molar-refractivity contribution is 7.22. The molecular formula is C15H16N2O3S2. The van der Waals surface area contributed by atoms with Crippen LogP contribution in [0, 0.1) is 12.8 Å². The molecule has 1 N–H and O–H groups in total. The van der Waals surface area contributed by atoms with Crippen molar-refractivity contribution in [1.82, 2.24) is 9.88 Å². The van der Waals surface area contributed by atoms with Gasteiger partial charge in [-0.3, -0.25) is 9.59 Å². The van der Waals surface area contributed by atoms with E-state index in [0.29, 0.717) is 30.8 Å². The highest BCUT2D eigenvalue weighted by Crippen LogP contribution is 2.32. The molecule has 0 aromatic carbocycles. The number of thiophene rings is 1. The SMILES string of the molecule is Cc1nc(-c2cccs2)sc1C(=O)N1CCC(C(=O)O)CC1. The first-order valence-electron chi connectivity index (χ1n) is 7.09. The van der Waals surface area contributed by atoms with Gasteiger partial charge in [-0.1, -0.05) is 6.07 Å². The Morgan fingerprint density at radius 1 is 1.36 bits per heavy atom. The maximum atomic E-state index is 12.6. The van der Waals surface area contributed by atoms with Gasteiger partial charge in [0.2, 0.25) is 0 Å². The minimum absolute atomic E-state index is 0.0263. The second-order valence-electron chi connectivity index (χ2n) is 5.32. The van der Waals surface area contributed by atoms with Crippen LogP contribution >= 0.6 is 22.7 Å². The summed E-state index contributed by atoms with van der Waals surface area (Å²) in [5.74, 6) is -1.11. The summed E-state index contributed by atoms with van der Waals surface area (Å²) in [4.78, 5) is 31.6. The molecule has 116 valence electrons. The van der Waals surface area contributed by atoms with Crippen molar-refractivity contribution < 1.29 is 14.7 Å². The number of carboxylic acids is 1. The van der Waals surface area contributed by atoms with Crippen LogP contribution < -0.4 is 0 Å². The molecule has 0 bridgehead atoms. The van der Waals surface area contributed by atoms with E-state index in [1.807, 2.05) is 24.4 Å². The van der Waals surface area contributed by atoms with Crippen molar-refractivity contribution in [3.8, 4) is 9.88 Å².